The predicted molar refractivity (Wildman–Crippen MR) is 101 cm³/mol. The zero-order chi connectivity index (χ0) is 18.9. The van der Waals surface area contributed by atoms with Gasteiger partial charge in [0.15, 0.2) is 0 Å². The lowest BCUT2D eigenvalue weighted by Gasteiger charge is -2.24. The summed E-state index contributed by atoms with van der Waals surface area (Å²) < 4.78 is 28.2. The van der Waals surface area contributed by atoms with E-state index < -0.39 is 22.0 Å². The van der Waals surface area contributed by atoms with E-state index in [0.29, 0.717) is 11.3 Å². The van der Waals surface area contributed by atoms with E-state index in [1.165, 1.54) is 0 Å². The van der Waals surface area contributed by atoms with Gasteiger partial charge in [-0.25, -0.2) is 17.9 Å². The Bertz CT molecular complexity index is 958. The van der Waals surface area contributed by atoms with E-state index >= 15 is 0 Å². The van der Waals surface area contributed by atoms with Gasteiger partial charge in [0.1, 0.15) is 0 Å². The Kier molecular flexibility index (Phi) is 4.80. The molecule has 2 aromatic rings. The number of hydrogen-bond acceptors (Lipinski definition) is 5. The van der Waals surface area contributed by atoms with Crippen LogP contribution in [0.15, 0.2) is 70.7 Å². The average Bonchev–Trinajstić information content (AvgIpc) is 3.29. The van der Waals surface area contributed by atoms with Gasteiger partial charge in [-0.1, -0.05) is 41.6 Å². The maximum absolute atomic E-state index is 12.7. The topological polar surface area (TPSA) is 84.8 Å². The Labute approximate surface area is 158 Å². The number of carbonyl (C=O) groups excluding carboxylic acids is 1. The third-order valence-electron chi connectivity index (χ3n) is 5.26. The van der Waals surface area contributed by atoms with E-state index in [1.54, 1.807) is 54.6 Å². The summed E-state index contributed by atoms with van der Waals surface area (Å²) in [6, 6.07) is 16.4. The van der Waals surface area contributed by atoms with Crippen molar-refractivity contribution in [1.82, 2.24) is 4.72 Å². The van der Waals surface area contributed by atoms with E-state index in [2.05, 4.69) is 9.88 Å². The molecule has 0 aliphatic heterocycles. The Hall–Kier alpha value is -2.51. The second-order valence-electron chi connectivity index (χ2n) is 6.94. The first-order chi connectivity index (χ1) is 13.0. The van der Waals surface area contributed by atoms with Gasteiger partial charge in [0.25, 0.3) is 0 Å². The summed E-state index contributed by atoms with van der Waals surface area (Å²) in [6.45, 7) is 0. The van der Waals surface area contributed by atoms with Crippen LogP contribution >= 0.6 is 0 Å². The Morgan fingerprint density at radius 3 is 2.37 bits per heavy atom. The number of nitrogens with zero attached hydrogens (tertiary/aromatic N) is 1. The Balaban J connectivity index is 1.54. The third kappa shape index (κ3) is 3.65. The fraction of sp³-hybridized carbons (Fsp3) is 0.300. The quantitative estimate of drug-likeness (QED) is 0.634. The molecule has 2 aliphatic rings. The highest BCUT2D eigenvalue weighted by atomic mass is 32.2. The molecule has 0 heterocycles. The summed E-state index contributed by atoms with van der Waals surface area (Å²) in [5, 5.41) is 4.08. The normalized spacial score (nSPS) is 25.6. The second kappa shape index (κ2) is 7.25. The summed E-state index contributed by atoms with van der Waals surface area (Å²) in [4.78, 5) is 17.5. The predicted octanol–water partition coefficient (Wildman–Crippen LogP) is 2.98. The second-order valence-corrected chi connectivity index (χ2v) is 8.66. The molecule has 2 saturated carbocycles. The van der Waals surface area contributed by atoms with E-state index in [0.717, 1.165) is 19.3 Å². The number of carbonyl (C=O) groups is 1. The lowest BCUT2D eigenvalue weighted by molar-refractivity contribution is 0.0512. The van der Waals surface area contributed by atoms with Crippen LogP contribution < -0.4 is 4.72 Å². The highest BCUT2D eigenvalue weighted by Gasteiger charge is 2.47. The maximum Gasteiger partial charge on any atom is 0.365 e. The van der Waals surface area contributed by atoms with Crippen LogP contribution in [0, 0.1) is 11.8 Å². The van der Waals surface area contributed by atoms with Gasteiger partial charge in [0, 0.05) is 5.92 Å². The van der Waals surface area contributed by atoms with Crippen LogP contribution in [-0.4, -0.2) is 26.1 Å². The summed E-state index contributed by atoms with van der Waals surface area (Å²) in [7, 11) is -3.66. The van der Waals surface area contributed by atoms with Crippen LogP contribution in [0.5, 0.6) is 0 Å². The first kappa shape index (κ1) is 17.9. The van der Waals surface area contributed by atoms with Crippen molar-refractivity contribution in [3.8, 4) is 0 Å². The van der Waals surface area contributed by atoms with Gasteiger partial charge < -0.3 is 4.84 Å². The highest BCUT2D eigenvalue weighted by Crippen LogP contribution is 2.43. The first-order valence-electron chi connectivity index (χ1n) is 8.96. The minimum Gasteiger partial charge on any atom is -0.313 e. The van der Waals surface area contributed by atoms with Crippen molar-refractivity contribution in [2.75, 3.05) is 0 Å². The zero-order valence-electron chi connectivity index (χ0n) is 14.6. The van der Waals surface area contributed by atoms with Crippen molar-refractivity contribution in [2.24, 2.45) is 17.0 Å². The van der Waals surface area contributed by atoms with Crippen LogP contribution in [0.4, 0.5) is 0 Å². The minimum absolute atomic E-state index is 0.155. The number of rotatable bonds is 5. The van der Waals surface area contributed by atoms with Crippen molar-refractivity contribution >= 4 is 21.7 Å². The molecule has 2 fully saturated rings. The highest BCUT2D eigenvalue weighted by molar-refractivity contribution is 7.89. The van der Waals surface area contributed by atoms with Crippen LogP contribution in [0.3, 0.4) is 0 Å². The van der Waals surface area contributed by atoms with Crippen molar-refractivity contribution in [2.45, 2.75) is 30.2 Å². The summed E-state index contributed by atoms with van der Waals surface area (Å²) >= 11 is 0. The molecule has 1 N–H and O–H groups in total. The molecule has 7 heteroatoms. The smallest absolute Gasteiger partial charge is 0.313 e. The molecule has 3 atom stereocenters. The van der Waals surface area contributed by atoms with E-state index in [1.807, 2.05) is 6.07 Å². The molecule has 0 amide bonds. The van der Waals surface area contributed by atoms with Gasteiger partial charge in [-0.15, -0.1) is 0 Å². The van der Waals surface area contributed by atoms with E-state index in [-0.39, 0.29) is 16.7 Å². The fourth-order valence-corrected chi connectivity index (χ4v) is 5.23. The molecule has 0 saturated heterocycles. The minimum atomic E-state index is -3.66. The SMILES string of the molecule is O=C(ON=C1C2CCC(C2)C1NS(=O)(=O)c1ccccc1)c1ccccc1. The molecule has 0 aromatic heterocycles. The molecule has 0 spiro atoms. The van der Waals surface area contributed by atoms with Gasteiger partial charge in [-0.05, 0) is 49.4 Å². The van der Waals surface area contributed by atoms with Crippen molar-refractivity contribution in [1.29, 1.82) is 0 Å². The molecule has 2 bridgehead atoms. The Morgan fingerprint density at radius 1 is 1.00 bits per heavy atom. The summed E-state index contributed by atoms with van der Waals surface area (Å²) in [5.41, 5.74) is 1.03. The van der Waals surface area contributed by atoms with Crippen molar-refractivity contribution < 1.29 is 18.0 Å². The molecule has 4 rings (SSSR count). The molecule has 2 aliphatic carbocycles. The van der Waals surface area contributed by atoms with E-state index in [9.17, 15) is 13.2 Å². The van der Waals surface area contributed by atoms with Gasteiger partial charge in [-0.3, -0.25) is 0 Å². The molecular formula is C20H20N2O4S. The summed E-state index contributed by atoms with van der Waals surface area (Å²) in [6.07, 6.45) is 2.75. The number of fused-ring (bicyclic) bond motifs is 2. The monoisotopic (exact) mass is 384 g/mol. The zero-order valence-corrected chi connectivity index (χ0v) is 15.4. The van der Waals surface area contributed by atoms with Gasteiger partial charge >= 0.3 is 5.97 Å². The van der Waals surface area contributed by atoms with Crippen molar-refractivity contribution in [3.05, 3.63) is 66.2 Å². The molecule has 3 unspecified atom stereocenters. The number of oxime groups is 1. The van der Waals surface area contributed by atoms with Crippen molar-refractivity contribution in [3.63, 3.8) is 0 Å². The maximum atomic E-state index is 12.7. The fourth-order valence-electron chi connectivity index (χ4n) is 3.93. The van der Waals surface area contributed by atoms with Crippen LogP contribution in [-0.2, 0) is 14.9 Å². The standard InChI is InChI=1S/C20H20N2O4S/c23-20(14-7-3-1-4-8-14)26-21-18-15-11-12-16(13-15)19(18)22-27(24,25)17-9-5-2-6-10-17/h1-10,15-16,19,22H,11-13H2. The average molecular weight is 384 g/mol. The number of nitrogens with one attached hydrogen (secondary N) is 1. The van der Waals surface area contributed by atoms with Crippen LogP contribution in [0.25, 0.3) is 0 Å². The number of sulfonamides is 1. The van der Waals surface area contributed by atoms with Crippen LogP contribution in [0.2, 0.25) is 0 Å². The van der Waals surface area contributed by atoms with E-state index in [4.69, 9.17) is 4.84 Å². The van der Waals surface area contributed by atoms with Crippen LogP contribution in [0.1, 0.15) is 29.6 Å². The van der Waals surface area contributed by atoms with Gasteiger partial charge in [0.2, 0.25) is 10.0 Å². The van der Waals surface area contributed by atoms with Gasteiger partial charge in [0.05, 0.1) is 22.2 Å². The number of benzene rings is 2. The first-order valence-corrected chi connectivity index (χ1v) is 10.4. The van der Waals surface area contributed by atoms with Gasteiger partial charge in [-0.2, -0.15) is 0 Å². The largest absolute Gasteiger partial charge is 0.365 e. The molecule has 2 aromatic carbocycles. The lowest BCUT2D eigenvalue weighted by Crippen LogP contribution is -2.44. The molecule has 27 heavy (non-hydrogen) atoms. The lowest BCUT2D eigenvalue weighted by atomic mass is 9.94. The molecular weight excluding hydrogens is 364 g/mol. The molecule has 6 nitrogen and oxygen atoms in total. The molecule has 140 valence electrons. The Morgan fingerprint density at radius 2 is 1.67 bits per heavy atom. The molecule has 0 radical (unpaired) electrons. The summed E-state index contributed by atoms with van der Waals surface area (Å²) in [5.74, 6) is -0.208. The number of hydrogen-bond donors (Lipinski definition) is 1. The third-order valence-corrected chi connectivity index (χ3v) is 6.72.